The van der Waals surface area contributed by atoms with Crippen molar-refractivity contribution in [2.45, 2.75) is 13.1 Å². The van der Waals surface area contributed by atoms with Gasteiger partial charge in [0.05, 0.1) is 29.2 Å². The van der Waals surface area contributed by atoms with E-state index in [9.17, 15) is 4.79 Å². The number of aromatic nitrogens is 3. The molecule has 2 aromatic heterocycles. The zero-order valence-electron chi connectivity index (χ0n) is 12.4. The standard InChI is InChI=1S/C16H18N4O2/c1-4-13-14(5-2)20(3)15(19-13)10-17-9-12-8-11(16(21)22)6-7-18-12/h4-8,17H,1-2,9-10H2,3H3,(H,21,22). The zero-order valence-corrected chi connectivity index (χ0v) is 12.4. The molecule has 22 heavy (non-hydrogen) atoms. The Hall–Kier alpha value is -2.73. The molecule has 0 amide bonds. The Kier molecular flexibility index (Phi) is 4.85. The van der Waals surface area contributed by atoms with Gasteiger partial charge in [-0.1, -0.05) is 13.2 Å². The van der Waals surface area contributed by atoms with Crippen molar-refractivity contribution in [3.8, 4) is 0 Å². The van der Waals surface area contributed by atoms with Crippen LogP contribution in [0.4, 0.5) is 0 Å². The molecule has 2 N–H and O–H groups in total. The molecule has 0 aliphatic heterocycles. The fraction of sp³-hybridized carbons (Fsp3) is 0.188. The second kappa shape index (κ2) is 6.82. The van der Waals surface area contributed by atoms with E-state index in [1.165, 1.54) is 12.3 Å². The second-order valence-corrected chi connectivity index (χ2v) is 4.71. The Morgan fingerprint density at radius 1 is 1.41 bits per heavy atom. The maximum Gasteiger partial charge on any atom is 0.335 e. The lowest BCUT2D eigenvalue weighted by Gasteiger charge is -2.06. The molecule has 0 atom stereocenters. The lowest BCUT2D eigenvalue weighted by atomic mass is 10.2. The van der Waals surface area contributed by atoms with Crippen LogP contribution in [-0.4, -0.2) is 25.6 Å². The number of carboxylic acids is 1. The number of hydrogen-bond acceptors (Lipinski definition) is 4. The lowest BCUT2D eigenvalue weighted by molar-refractivity contribution is 0.0696. The molecule has 6 heteroatoms. The third kappa shape index (κ3) is 3.29. The van der Waals surface area contributed by atoms with Gasteiger partial charge in [-0.3, -0.25) is 4.98 Å². The Bertz CT molecular complexity index is 719. The number of nitrogens with one attached hydrogen (secondary N) is 1. The van der Waals surface area contributed by atoms with Crippen molar-refractivity contribution in [1.82, 2.24) is 19.9 Å². The number of imidazole rings is 1. The summed E-state index contributed by atoms with van der Waals surface area (Å²) in [6, 6.07) is 3.02. The largest absolute Gasteiger partial charge is 0.478 e. The summed E-state index contributed by atoms with van der Waals surface area (Å²) in [5.41, 5.74) is 2.60. The zero-order chi connectivity index (χ0) is 16.1. The number of nitrogens with zero attached hydrogens (tertiary/aromatic N) is 3. The minimum atomic E-state index is -0.959. The number of carbonyl (C=O) groups is 1. The Morgan fingerprint density at radius 3 is 2.77 bits per heavy atom. The molecule has 2 rings (SSSR count). The van der Waals surface area contributed by atoms with Crippen molar-refractivity contribution in [1.29, 1.82) is 0 Å². The quantitative estimate of drug-likeness (QED) is 0.818. The second-order valence-electron chi connectivity index (χ2n) is 4.71. The highest BCUT2D eigenvalue weighted by Gasteiger charge is 2.10. The summed E-state index contributed by atoms with van der Waals surface area (Å²) in [5, 5.41) is 12.2. The topological polar surface area (TPSA) is 80.0 Å². The Balaban J connectivity index is 2.04. The summed E-state index contributed by atoms with van der Waals surface area (Å²) in [4.78, 5) is 19.5. The molecule has 0 saturated heterocycles. The van der Waals surface area contributed by atoms with Crippen molar-refractivity contribution in [3.05, 3.63) is 60.0 Å². The van der Waals surface area contributed by atoms with Gasteiger partial charge in [0.25, 0.3) is 0 Å². The smallest absolute Gasteiger partial charge is 0.335 e. The fourth-order valence-corrected chi connectivity index (χ4v) is 2.14. The molecule has 0 saturated carbocycles. The van der Waals surface area contributed by atoms with E-state index >= 15 is 0 Å². The van der Waals surface area contributed by atoms with E-state index in [-0.39, 0.29) is 5.56 Å². The van der Waals surface area contributed by atoms with E-state index in [1.807, 2.05) is 11.6 Å². The van der Waals surface area contributed by atoms with E-state index < -0.39 is 5.97 Å². The van der Waals surface area contributed by atoms with Gasteiger partial charge >= 0.3 is 5.97 Å². The minimum Gasteiger partial charge on any atom is -0.478 e. The molecule has 0 spiro atoms. The van der Waals surface area contributed by atoms with Crippen molar-refractivity contribution < 1.29 is 9.90 Å². The highest BCUT2D eigenvalue weighted by molar-refractivity contribution is 5.87. The number of hydrogen-bond donors (Lipinski definition) is 2. The van der Waals surface area contributed by atoms with Crippen LogP contribution in [0.5, 0.6) is 0 Å². The van der Waals surface area contributed by atoms with Crippen LogP contribution in [0.25, 0.3) is 12.2 Å². The summed E-state index contributed by atoms with van der Waals surface area (Å²) in [7, 11) is 1.91. The predicted molar refractivity (Wildman–Crippen MR) is 85.1 cm³/mol. The molecule has 0 unspecified atom stereocenters. The first-order chi connectivity index (χ1) is 10.6. The SMILES string of the molecule is C=Cc1nc(CNCc2cc(C(=O)O)ccn2)n(C)c1C=C. The number of pyridine rings is 1. The van der Waals surface area contributed by atoms with Crippen LogP contribution in [-0.2, 0) is 20.1 Å². The highest BCUT2D eigenvalue weighted by atomic mass is 16.4. The van der Waals surface area contributed by atoms with Gasteiger partial charge in [0.1, 0.15) is 5.82 Å². The monoisotopic (exact) mass is 298 g/mol. The molecular formula is C16H18N4O2. The maximum absolute atomic E-state index is 10.9. The van der Waals surface area contributed by atoms with E-state index in [0.717, 1.165) is 17.2 Å². The van der Waals surface area contributed by atoms with Crippen LogP contribution in [0.1, 0.15) is 33.3 Å². The molecular weight excluding hydrogens is 280 g/mol. The highest BCUT2D eigenvalue weighted by Crippen LogP contribution is 2.13. The fourth-order valence-electron chi connectivity index (χ4n) is 2.14. The molecule has 0 aliphatic rings. The maximum atomic E-state index is 10.9. The van der Waals surface area contributed by atoms with Gasteiger partial charge in [0.2, 0.25) is 0 Å². The normalized spacial score (nSPS) is 10.4. The average molecular weight is 298 g/mol. The van der Waals surface area contributed by atoms with Gasteiger partial charge < -0.3 is 15.0 Å². The van der Waals surface area contributed by atoms with Crippen LogP contribution < -0.4 is 5.32 Å². The van der Waals surface area contributed by atoms with Crippen molar-refractivity contribution in [2.24, 2.45) is 7.05 Å². The summed E-state index contributed by atoms with van der Waals surface area (Å²) in [6.45, 7) is 8.50. The molecule has 114 valence electrons. The van der Waals surface area contributed by atoms with Gasteiger partial charge in [-0.2, -0.15) is 0 Å². The van der Waals surface area contributed by atoms with Crippen LogP contribution >= 0.6 is 0 Å². The minimum absolute atomic E-state index is 0.228. The molecule has 2 aromatic rings. The van der Waals surface area contributed by atoms with Crippen LogP contribution in [0, 0.1) is 0 Å². The van der Waals surface area contributed by atoms with Crippen LogP contribution in [0.3, 0.4) is 0 Å². The Labute approximate surface area is 128 Å². The third-order valence-electron chi connectivity index (χ3n) is 3.30. The van der Waals surface area contributed by atoms with E-state index in [1.54, 1.807) is 18.2 Å². The van der Waals surface area contributed by atoms with Gasteiger partial charge in [-0.25, -0.2) is 9.78 Å². The van der Waals surface area contributed by atoms with Crippen LogP contribution in [0.2, 0.25) is 0 Å². The molecule has 2 heterocycles. The molecule has 0 fully saturated rings. The Morgan fingerprint density at radius 2 is 2.18 bits per heavy atom. The number of aromatic carboxylic acids is 1. The van der Waals surface area contributed by atoms with E-state index in [0.29, 0.717) is 18.8 Å². The molecule has 0 aromatic carbocycles. The van der Waals surface area contributed by atoms with Crippen molar-refractivity contribution >= 4 is 18.1 Å². The summed E-state index contributed by atoms with van der Waals surface area (Å²) < 4.78 is 1.94. The number of carboxylic acid groups (broad SMARTS) is 1. The predicted octanol–water partition coefficient (Wildman–Crippen LogP) is 2.09. The van der Waals surface area contributed by atoms with Crippen LogP contribution in [0.15, 0.2) is 31.5 Å². The molecule has 0 aliphatic carbocycles. The average Bonchev–Trinajstić information content (AvgIpc) is 2.83. The molecule has 0 radical (unpaired) electrons. The van der Waals surface area contributed by atoms with E-state index in [4.69, 9.17) is 5.11 Å². The van der Waals surface area contributed by atoms with Gasteiger partial charge in [0.15, 0.2) is 0 Å². The van der Waals surface area contributed by atoms with Crippen molar-refractivity contribution in [3.63, 3.8) is 0 Å². The van der Waals surface area contributed by atoms with Gasteiger partial charge in [-0.15, -0.1) is 0 Å². The van der Waals surface area contributed by atoms with Crippen molar-refractivity contribution in [2.75, 3.05) is 0 Å². The van der Waals surface area contributed by atoms with E-state index in [2.05, 4.69) is 28.4 Å². The summed E-state index contributed by atoms with van der Waals surface area (Å²) >= 11 is 0. The third-order valence-corrected chi connectivity index (χ3v) is 3.30. The first-order valence-electron chi connectivity index (χ1n) is 6.76. The summed E-state index contributed by atoms with van der Waals surface area (Å²) in [6.07, 6.45) is 4.93. The summed E-state index contributed by atoms with van der Waals surface area (Å²) in [5.74, 6) is -0.113. The molecule has 6 nitrogen and oxygen atoms in total. The number of rotatable bonds is 7. The lowest BCUT2D eigenvalue weighted by Crippen LogP contribution is -2.17. The first kappa shape index (κ1) is 15.7. The first-order valence-corrected chi connectivity index (χ1v) is 6.76. The van der Waals surface area contributed by atoms with Gasteiger partial charge in [-0.05, 0) is 24.3 Å². The van der Waals surface area contributed by atoms with Gasteiger partial charge in [0, 0.05) is 19.8 Å². The molecule has 0 bridgehead atoms.